The van der Waals surface area contributed by atoms with Gasteiger partial charge in [-0.2, -0.15) is 0 Å². The normalized spacial score (nSPS) is 13.1. The molecule has 0 bridgehead atoms. The summed E-state index contributed by atoms with van der Waals surface area (Å²) in [7, 11) is 0.736. The third kappa shape index (κ3) is 5.77. The molecular formula is C61H41BN2O. The van der Waals surface area contributed by atoms with E-state index in [2.05, 4.69) is 247 Å². The van der Waals surface area contributed by atoms with Crippen molar-refractivity contribution in [2.24, 2.45) is 0 Å². The van der Waals surface area contributed by atoms with Crippen LogP contribution in [-0.2, 0) is 5.41 Å². The van der Waals surface area contributed by atoms with E-state index < -0.39 is 5.41 Å². The first-order valence-electron chi connectivity index (χ1n) is 22.5. The Bertz CT molecular complexity index is 3560. The van der Waals surface area contributed by atoms with Gasteiger partial charge in [0.1, 0.15) is 11.2 Å². The fraction of sp³-hybridized carbons (Fsp3) is 0.0164. The minimum Gasteiger partial charge on any atom is -0.456 e. The first kappa shape index (κ1) is 37.2. The van der Waals surface area contributed by atoms with Gasteiger partial charge < -0.3 is 14.6 Å². The zero-order chi connectivity index (χ0) is 42.9. The van der Waals surface area contributed by atoms with E-state index in [-0.39, 0.29) is 0 Å². The number of hydrogen-bond acceptors (Lipinski definition) is 3. The molecule has 0 spiro atoms. The Kier molecular flexibility index (Phi) is 8.54. The molecule has 2 aliphatic heterocycles. The van der Waals surface area contributed by atoms with E-state index in [1.807, 2.05) is 0 Å². The molecule has 11 aromatic rings. The molecule has 0 amide bonds. The van der Waals surface area contributed by atoms with Gasteiger partial charge in [0.25, 0.3) is 0 Å². The van der Waals surface area contributed by atoms with Crippen LogP contribution in [0.25, 0.3) is 55.3 Å². The quantitative estimate of drug-likeness (QED) is 0.162. The van der Waals surface area contributed by atoms with Crippen molar-refractivity contribution in [1.82, 2.24) is 0 Å². The first-order chi connectivity index (χ1) is 32.2. The minimum absolute atomic E-state index is 0.555. The summed E-state index contributed by atoms with van der Waals surface area (Å²) in [5, 5.41) is 6.18. The van der Waals surface area contributed by atoms with Crippen LogP contribution in [0.2, 0.25) is 0 Å². The number of anilines is 5. The Labute approximate surface area is 379 Å². The highest BCUT2D eigenvalue weighted by atomic mass is 16.3. The van der Waals surface area contributed by atoms with Crippen molar-refractivity contribution < 1.29 is 4.42 Å². The fourth-order valence-electron chi connectivity index (χ4n) is 11.0. The minimum atomic E-state index is -0.555. The molecule has 304 valence electrons. The van der Waals surface area contributed by atoms with E-state index in [1.54, 1.807) is 0 Å². The molecule has 3 heterocycles. The third-order valence-corrected chi connectivity index (χ3v) is 13.7. The molecule has 13 rings (SSSR count). The number of para-hydroxylation sites is 3. The zero-order valence-electron chi connectivity index (χ0n) is 35.6. The summed E-state index contributed by atoms with van der Waals surface area (Å²) >= 11 is 0. The fourth-order valence-corrected chi connectivity index (χ4v) is 11.0. The van der Waals surface area contributed by atoms with E-state index >= 15 is 0 Å². The second kappa shape index (κ2) is 14.9. The maximum atomic E-state index is 6.97. The monoisotopic (exact) mass is 828 g/mol. The van der Waals surface area contributed by atoms with Crippen LogP contribution in [0.5, 0.6) is 0 Å². The van der Waals surface area contributed by atoms with Gasteiger partial charge in [-0.1, -0.05) is 200 Å². The summed E-state index contributed by atoms with van der Waals surface area (Å²) < 4.78 is 6.97. The number of benzene rings is 10. The van der Waals surface area contributed by atoms with Gasteiger partial charge >= 0.3 is 0 Å². The summed E-state index contributed by atoms with van der Waals surface area (Å²) in [4.78, 5) is 2.55. The van der Waals surface area contributed by atoms with E-state index in [0.717, 1.165) is 68.7 Å². The molecule has 0 saturated carbocycles. The Morgan fingerprint density at radius 2 is 1.05 bits per heavy atom. The summed E-state index contributed by atoms with van der Waals surface area (Å²) in [6.07, 6.45) is 0. The van der Waals surface area contributed by atoms with Crippen LogP contribution in [0, 0.1) is 0 Å². The van der Waals surface area contributed by atoms with Crippen molar-refractivity contribution in [2.45, 2.75) is 5.41 Å². The van der Waals surface area contributed by atoms with E-state index in [0.29, 0.717) is 0 Å². The molecule has 0 saturated heterocycles. The van der Waals surface area contributed by atoms with Gasteiger partial charge in [0.05, 0.1) is 11.1 Å². The first-order valence-corrected chi connectivity index (χ1v) is 22.5. The Morgan fingerprint density at radius 3 is 1.78 bits per heavy atom. The second-order valence-electron chi connectivity index (χ2n) is 17.2. The molecule has 1 aromatic heterocycles. The molecule has 4 heteroatoms. The van der Waals surface area contributed by atoms with Crippen molar-refractivity contribution in [3.63, 3.8) is 0 Å². The largest absolute Gasteiger partial charge is 0.456 e. The molecule has 3 nitrogen and oxygen atoms in total. The average molecular weight is 829 g/mol. The van der Waals surface area contributed by atoms with Crippen LogP contribution in [0.4, 0.5) is 28.4 Å². The number of hydrogen-bond donors (Lipinski definition) is 1. The summed E-state index contributed by atoms with van der Waals surface area (Å²) in [5.41, 5.74) is 21.3. The lowest BCUT2D eigenvalue weighted by Crippen LogP contribution is -2.47. The lowest BCUT2D eigenvalue weighted by molar-refractivity contribution is 0.669. The highest BCUT2D eigenvalue weighted by Gasteiger charge is 2.48. The topological polar surface area (TPSA) is 28.4 Å². The van der Waals surface area contributed by atoms with Gasteiger partial charge in [-0.15, -0.1) is 0 Å². The van der Waals surface area contributed by atoms with Gasteiger partial charge in [0.15, 0.2) is 7.28 Å². The third-order valence-electron chi connectivity index (χ3n) is 13.7. The van der Waals surface area contributed by atoms with Crippen LogP contribution in [-0.4, -0.2) is 7.28 Å². The molecule has 65 heavy (non-hydrogen) atoms. The van der Waals surface area contributed by atoms with E-state index in [1.165, 1.54) is 55.6 Å². The molecule has 10 aromatic carbocycles. The van der Waals surface area contributed by atoms with Crippen molar-refractivity contribution in [3.8, 4) is 33.4 Å². The van der Waals surface area contributed by atoms with Crippen molar-refractivity contribution >= 4 is 68.6 Å². The smallest absolute Gasteiger partial charge is 0.198 e. The van der Waals surface area contributed by atoms with Gasteiger partial charge in [0, 0.05) is 45.2 Å². The highest BCUT2D eigenvalue weighted by molar-refractivity contribution is 6.74. The Hall–Kier alpha value is -8.34. The molecule has 1 N–H and O–H groups in total. The van der Waals surface area contributed by atoms with Gasteiger partial charge in [-0.05, 0) is 91.9 Å². The zero-order valence-corrected chi connectivity index (χ0v) is 35.6. The molecule has 0 aliphatic carbocycles. The SMILES string of the molecule is B1c2cccc3c2N(c2ccccc2C3(c2ccccc2)c2ccccc2)c2cc3oc4ccccc4c3c(-c3cc(-c4ccccc4)ccc3Nc3cccc(-c4ccccc4)c3)c21. The summed E-state index contributed by atoms with van der Waals surface area (Å²) in [5.74, 6) is 0. The molecule has 0 atom stereocenters. The predicted octanol–water partition coefficient (Wildman–Crippen LogP) is 14.2. The van der Waals surface area contributed by atoms with Crippen molar-refractivity contribution in [1.29, 1.82) is 0 Å². The highest BCUT2D eigenvalue weighted by Crippen LogP contribution is 2.58. The standard InChI is InChI=1S/C61H41BN2O/c1-5-19-40(20-6-1)42-23-17-28-46(37-42)63-52-36-35-43(41-21-7-2-8-22-41)38-48(52)58-57-47-29-13-16-34-55(47)65-56(57)39-54-59(58)62-51-32-18-31-50-60(51)64(54)53-33-15-14-30-49(53)61(50,44-24-9-3-10-25-44)45-26-11-4-12-27-45/h1-39,62-63H. The van der Waals surface area contributed by atoms with E-state index in [4.69, 9.17) is 4.42 Å². The van der Waals surface area contributed by atoms with Crippen LogP contribution in [0.3, 0.4) is 0 Å². The van der Waals surface area contributed by atoms with Crippen LogP contribution >= 0.6 is 0 Å². The Morgan fingerprint density at radius 1 is 0.446 bits per heavy atom. The predicted molar refractivity (Wildman–Crippen MR) is 273 cm³/mol. The van der Waals surface area contributed by atoms with E-state index in [9.17, 15) is 0 Å². The maximum absolute atomic E-state index is 6.97. The van der Waals surface area contributed by atoms with Crippen molar-refractivity contribution in [3.05, 3.63) is 259 Å². The van der Waals surface area contributed by atoms with Gasteiger partial charge in [-0.3, -0.25) is 0 Å². The summed E-state index contributed by atoms with van der Waals surface area (Å²) in [6.45, 7) is 0. The summed E-state index contributed by atoms with van der Waals surface area (Å²) in [6, 6.07) is 86.0. The second-order valence-corrected chi connectivity index (χ2v) is 17.2. The lowest BCUT2D eigenvalue weighted by Gasteiger charge is -2.49. The number of fused-ring (bicyclic) bond motifs is 7. The van der Waals surface area contributed by atoms with Gasteiger partial charge in [-0.25, -0.2) is 0 Å². The van der Waals surface area contributed by atoms with Crippen LogP contribution < -0.4 is 21.1 Å². The molecule has 0 unspecified atom stereocenters. The van der Waals surface area contributed by atoms with Gasteiger partial charge in [0.2, 0.25) is 0 Å². The number of nitrogens with one attached hydrogen (secondary N) is 1. The maximum Gasteiger partial charge on any atom is 0.198 e. The number of furan rings is 1. The lowest BCUT2D eigenvalue weighted by atomic mass is 9.54. The van der Waals surface area contributed by atoms with Crippen LogP contribution in [0.1, 0.15) is 22.3 Å². The molecule has 0 radical (unpaired) electrons. The molecular weight excluding hydrogens is 787 g/mol. The molecule has 2 aliphatic rings. The Balaban J connectivity index is 1.11. The van der Waals surface area contributed by atoms with Crippen molar-refractivity contribution in [2.75, 3.05) is 10.2 Å². The molecule has 0 fully saturated rings. The van der Waals surface area contributed by atoms with Crippen LogP contribution in [0.15, 0.2) is 241 Å². The average Bonchev–Trinajstić information content (AvgIpc) is 3.75. The number of nitrogens with zero attached hydrogens (tertiary/aromatic N) is 1. The number of rotatable bonds is 7.